The van der Waals surface area contributed by atoms with Gasteiger partial charge in [-0.25, -0.2) is 0 Å². The van der Waals surface area contributed by atoms with Crippen molar-refractivity contribution in [3.63, 3.8) is 0 Å². The molecule has 0 fully saturated rings. The molecule has 4 heteroatoms. The van der Waals surface area contributed by atoms with Gasteiger partial charge in [0.2, 0.25) is 5.56 Å². The standard InChI is InChI=1S/C15H22ClNO2/c1-4-5-8-11-19-14(16)15(18)17(3)13-10-7-6-9-12(13)2/h6-7,9-10,14H,4-5,8,11H2,1-3H3. The number of likely N-dealkylation sites (N-methyl/N-ethyl adjacent to an activating group) is 1. The Hall–Kier alpha value is -1.06. The second-order valence-electron chi connectivity index (χ2n) is 4.58. The largest absolute Gasteiger partial charge is 0.353 e. The SMILES string of the molecule is CCCCCOC(Cl)C(=O)N(C)c1ccccc1C. The number of para-hydroxylation sites is 1. The highest BCUT2D eigenvalue weighted by atomic mass is 35.5. The van der Waals surface area contributed by atoms with Crippen molar-refractivity contribution in [3.05, 3.63) is 29.8 Å². The van der Waals surface area contributed by atoms with E-state index in [4.69, 9.17) is 16.3 Å². The number of carbonyl (C=O) groups excluding carboxylic acids is 1. The van der Waals surface area contributed by atoms with Crippen molar-refractivity contribution in [2.24, 2.45) is 0 Å². The van der Waals surface area contributed by atoms with Crippen molar-refractivity contribution in [3.8, 4) is 0 Å². The van der Waals surface area contributed by atoms with Gasteiger partial charge in [-0.1, -0.05) is 49.6 Å². The minimum Gasteiger partial charge on any atom is -0.353 e. The topological polar surface area (TPSA) is 29.5 Å². The van der Waals surface area contributed by atoms with Gasteiger partial charge in [0.25, 0.3) is 5.91 Å². The number of ether oxygens (including phenoxy) is 1. The van der Waals surface area contributed by atoms with Crippen molar-refractivity contribution in [2.45, 2.75) is 38.7 Å². The highest BCUT2D eigenvalue weighted by Crippen LogP contribution is 2.19. The van der Waals surface area contributed by atoms with Crippen molar-refractivity contribution >= 4 is 23.2 Å². The summed E-state index contributed by atoms with van der Waals surface area (Å²) in [6.45, 7) is 4.61. The van der Waals surface area contributed by atoms with E-state index in [0.717, 1.165) is 30.5 Å². The molecule has 0 aliphatic carbocycles. The second-order valence-corrected chi connectivity index (χ2v) is 4.97. The van der Waals surface area contributed by atoms with Crippen LogP contribution in [0.3, 0.4) is 0 Å². The number of hydrogen-bond acceptors (Lipinski definition) is 2. The molecule has 3 nitrogen and oxygen atoms in total. The quantitative estimate of drug-likeness (QED) is 0.564. The molecule has 19 heavy (non-hydrogen) atoms. The first kappa shape index (κ1) is 16.0. The van der Waals surface area contributed by atoms with E-state index in [9.17, 15) is 4.79 Å². The van der Waals surface area contributed by atoms with E-state index < -0.39 is 5.56 Å². The second kappa shape index (κ2) is 8.18. The van der Waals surface area contributed by atoms with Crippen LogP contribution in [-0.2, 0) is 9.53 Å². The third kappa shape index (κ3) is 4.84. The molecule has 1 aromatic rings. The molecule has 0 aromatic heterocycles. The number of amides is 1. The van der Waals surface area contributed by atoms with E-state index in [2.05, 4.69) is 6.92 Å². The predicted molar refractivity (Wildman–Crippen MR) is 79.7 cm³/mol. The number of halogens is 1. The molecule has 0 spiro atoms. The molecule has 0 saturated carbocycles. The van der Waals surface area contributed by atoms with Gasteiger partial charge in [0.05, 0.1) is 0 Å². The zero-order valence-corrected chi connectivity index (χ0v) is 12.6. The molecule has 0 saturated heterocycles. The minimum atomic E-state index is -0.915. The maximum absolute atomic E-state index is 12.1. The van der Waals surface area contributed by atoms with E-state index in [1.807, 2.05) is 31.2 Å². The number of benzene rings is 1. The van der Waals surface area contributed by atoms with Gasteiger partial charge >= 0.3 is 0 Å². The first-order valence-electron chi connectivity index (χ1n) is 6.66. The molecule has 1 atom stereocenters. The maximum Gasteiger partial charge on any atom is 0.271 e. The summed E-state index contributed by atoms with van der Waals surface area (Å²) in [7, 11) is 1.72. The molecule has 1 unspecified atom stereocenters. The van der Waals surface area contributed by atoms with Gasteiger partial charge in [0.1, 0.15) is 0 Å². The number of alkyl halides is 1. The lowest BCUT2D eigenvalue weighted by Gasteiger charge is -2.22. The lowest BCUT2D eigenvalue weighted by Crippen LogP contribution is -2.35. The highest BCUT2D eigenvalue weighted by Gasteiger charge is 2.21. The van der Waals surface area contributed by atoms with Gasteiger partial charge in [-0.15, -0.1) is 0 Å². The number of rotatable bonds is 7. The van der Waals surface area contributed by atoms with Crippen LogP contribution in [-0.4, -0.2) is 25.1 Å². The van der Waals surface area contributed by atoms with Crippen molar-refractivity contribution in [2.75, 3.05) is 18.6 Å². The third-order valence-electron chi connectivity index (χ3n) is 3.01. The summed E-state index contributed by atoms with van der Waals surface area (Å²) in [6, 6.07) is 7.70. The average molecular weight is 284 g/mol. The molecule has 1 aromatic carbocycles. The smallest absolute Gasteiger partial charge is 0.271 e. The molecule has 0 radical (unpaired) electrons. The number of anilines is 1. The van der Waals surface area contributed by atoms with Crippen molar-refractivity contribution in [1.29, 1.82) is 0 Å². The van der Waals surface area contributed by atoms with Gasteiger partial charge in [-0.3, -0.25) is 4.79 Å². The Balaban J connectivity index is 2.54. The van der Waals surface area contributed by atoms with Crippen LogP contribution in [0.2, 0.25) is 0 Å². The number of nitrogens with zero attached hydrogens (tertiary/aromatic N) is 1. The van der Waals surface area contributed by atoms with Crippen molar-refractivity contribution in [1.82, 2.24) is 0 Å². The Labute approximate surface area is 120 Å². The third-order valence-corrected chi connectivity index (χ3v) is 3.33. The maximum atomic E-state index is 12.1. The van der Waals surface area contributed by atoms with E-state index in [1.54, 1.807) is 11.9 Å². The number of aryl methyl sites for hydroxylation is 1. The molecule has 0 aliphatic rings. The highest BCUT2D eigenvalue weighted by molar-refractivity contribution is 6.31. The summed E-state index contributed by atoms with van der Waals surface area (Å²) in [5.41, 5.74) is 0.977. The molecular weight excluding hydrogens is 262 g/mol. The molecule has 0 aliphatic heterocycles. The lowest BCUT2D eigenvalue weighted by atomic mass is 10.2. The Morgan fingerprint density at radius 2 is 2.05 bits per heavy atom. The summed E-state index contributed by atoms with van der Waals surface area (Å²) < 4.78 is 5.36. The molecule has 0 bridgehead atoms. The Morgan fingerprint density at radius 3 is 2.68 bits per heavy atom. The van der Waals surface area contributed by atoms with Gasteiger partial charge in [-0.2, -0.15) is 0 Å². The Kier molecular flexibility index (Phi) is 6.89. The first-order valence-corrected chi connectivity index (χ1v) is 7.10. The van der Waals surface area contributed by atoms with Gasteiger partial charge < -0.3 is 9.64 Å². The van der Waals surface area contributed by atoms with Gasteiger partial charge in [-0.05, 0) is 25.0 Å². The molecule has 0 heterocycles. The van der Waals surface area contributed by atoms with Gasteiger partial charge in [0.15, 0.2) is 0 Å². The fraction of sp³-hybridized carbons (Fsp3) is 0.533. The first-order chi connectivity index (χ1) is 9.07. The van der Waals surface area contributed by atoms with Crippen LogP contribution in [0.1, 0.15) is 31.7 Å². The monoisotopic (exact) mass is 283 g/mol. The van der Waals surface area contributed by atoms with E-state index in [1.165, 1.54) is 0 Å². The number of carbonyl (C=O) groups is 1. The fourth-order valence-electron chi connectivity index (χ4n) is 1.82. The molecule has 0 N–H and O–H groups in total. The van der Waals surface area contributed by atoms with E-state index in [-0.39, 0.29) is 5.91 Å². The minimum absolute atomic E-state index is 0.229. The summed E-state index contributed by atoms with van der Waals surface area (Å²) in [5, 5.41) is 0. The van der Waals surface area contributed by atoms with Crippen LogP contribution in [0.15, 0.2) is 24.3 Å². The van der Waals surface area contributed by atoms with Gasteiger partial charge in [0, 0.05) is 19.3 Å². The Bertz CT molecular complexity index is 409. The van der Waals surface area contributed by atoms with Crippen LogP contribution in [0.4, 0.5) is 5.69 Å². The Morgan fingerprint density at radius 1 is 1.37 bits per heavy atom. The van der Waals surface area contributed by atoms with E-state index in [0.29, 0.717) is 6.61 Å². The zero-order valence-electron chi connectivity index (χ0n) is 11.9. The lowest BCUT2D eigenvalue weighted by molar-refractivity contribution is -0.125. The summed E-state index contributed by atoms with van der Waals surface area (Å²) in [5.74, 6) is -0.229. The molecule has 1 amide bonds. The molecular formula is C15H22ClNO2. The zero-order chi connectivity index (χ0) is 14.3. The molecule has 1 rings (SSSR count). The number of unbranched alkanes of at least 4 members (excludes halogenated alkanes) is 2. The fourth-order valence-corrected chi connectivity index (χ4v) is 2.06. The van der Waals surface area contributed by atoms with Crippen LogP contribution in [0.25, 0.3) is 0 Å². The molecule has 106 valence electrons. The van der Waals surface area contributed by atoms with Crippen molar-refractivity contribution < 1.29 is 9.53 Å². The van der Waals surface area contributed by atoms with Crippen LogP contribution in [0.5, 0.6) is 0 Å². The number of hydrogen-bond donors (Lipinski definition) is 0. The van der Waals surface area contributed by atoms with Crippen LogP contribution in [0, 0.1) is 6.92 Å². The summed E-state index contributed by atoms with van der Waals surface area (Å²) in [4.78, 5) is 13.7. The predicted octanol–water partition coefficient (Wildman–Crippen LogP) is 3.73. The average Bonchev–Trinajstić information content (AvgIpc) is 2.42. The normalized spacial score (nSPS) is 12.2. The van der Waals surface area contributed by atoms with E-state index >= 15 is 0 Å². The summed E-state index contributed by atoms with van der Waals surface area (Å²) >= 11 is 5.99. The van der Waals surface area contributed by atoms with Crippen LogP contribution >= 0.6 is 11.6 Å². The summed E-state index contributed by atoms with van der Waals surface area (Å²) in [6.07, 6.45) is 3.14. The van der Waals surface area contributed by atoms with Crippen LogP contribution < -0.4 is 4.90 Å².